The first-order valence-corrected chi connectivity index (χ1v) is 10.4. The van der Waals surface area contributed by atoms with Gasteiger partial charge in [-0.15, -0.1) is 0 Å². The zero-order valence-corrected chi connectivity index (χ0v) is 18.4. The van der Waals surface area contributed by atoms with Gasteiger partial charge in [-0.3, -0.25) is 4.79 Å². The normalized spacial score (nSPS) is 13.5. The van der Waals surface area contributed by atoms with E-state index in [0.717, 1.165) is 12.8 Å². The maximum atomic E-state index is 13.0. The summed E-state index contributed by atoms with van der Waals surface area (Å²) in [6.07, 6.45) is 4.24. The SMILES string of the molecule is CC[C@@H](Oc1ccc2c(c1)CCCC2)C(=O)Nc1cc(OC)c(OC)cc1C(=O)OC. The third-order valence-corrected chi connectivity index (χ3v) is 5.45. The third-order valence-electron chi connectivity index (χ3n) is 5.45. The Morgan fingerprint density at radius 3 is 2.29 bits per heavy atom. The van der Waals surface area contributed by atoms with Gasteiger partial charge in [0.25, 0.3) is 5.91 Å². The number of hydrogen-bond donors (Lipinski definition) is 1. The number of ether oxygens (including phenoxy) is 4. The molecule has 0 saturated heterocycles. The molecule has 0 radical (unpaired) electrons. The van der Waals surface area contributed by atoms with E-state index in [4.69, 9.17) is 18.9 Å². The summed E-state index contributed by atoms with van der Waals surface area (Å²) in [5.41, 5.74) is 3.06. The standard InChI is InChI=1S/C24H29NO6/c1-5-20(31-17-11-10-15-8-6-7-9-16(15)12-17)23(26)25-19-14-22(29-3)21(28-2)13-18(19)24(27)30-4/h10-14,20H,5-9H2,1-4H3,(H,25,26)/t20-/m1/s1. The number of rotatable bonds is 8. The monoisotopic (exact) mass is 427 g/mol. The summed E-state index contributed by atoms with van der Waals surface area (Å²) >= 11 is 0. The minimum atomic E-state index is -0.722. The summed E-state index contributed by atoms with van der Waals surface area (Å²) in [6.45, 7) is 1.87. The molecule has 0 heterocycles. The summed E-state index contributed by atoms with van der Waals surface area (Å²) in [5, 5.41) is 2.79. The van der Waals surface area contributed by atoms with Gasteiger partial charge in [0.1, 0.15) is 5.75 Å². The number of hydrogen-bond acceptors (Lipinski definition) is 6. The number of carbonyl (C=O) groups is 2. The van der Waals surface area contributed by atoms with Crippen LogP contribution in [0.1, 0.15) is 47.7 Å². The number of methoxy groups -OCH3 is 3. The highest BCUT2D eigenvalue weighted by atomic mass is 16.5. The van der Waals surface area contributed by atoms with E-state index < -0.39 is 12.1 Å². The number of aryl methyl sites for hydroxylation is 2. The number of anilines is 1. The van der Waals surface area contributed by atoms with E-state index in [1.54, 1.807) is 0 Å². The van der Waals surface area contributed by atoms with Gasteiger partial charge in [0.15, 0.2) is 17.6 Å². The Hall–Kier alpha value is -3.22. The van der Waals surface area contributed by atoms with Crippen molar-refractivity contribution in [1.82, 2.24) is 0 Å². The van der Waals surface area contributed by atoms with Crippen molar-refractivity contribution in [3.8, 4) is 17.2 Å². The summed E-state index contributed by atoms with van der Waals surface area (Å²) < 4.78 is 21.4. The van der Waals surface area contributed by atoms with Crippen molar-refractivity contribution in [3.05, 3.63) is 47.0 Å². The Labute approximate surface area is 182 Å². The molecule has 0 spiro atoms. The molecule has 166 valence electrons. The van der Waals surface area contributed by atoms with Gasteiger partial charge in [0.05, 0.1) is 32.6 Å². The fourth-order valence-electron chi connectivity index (χ4n) is 3.74. The van der Waals surface area contributed by atoms with Crippen molar-refractivity contribution in [3.63, 3.8) is 0 Å². The maximum absolute atomic E-state index is 13.0. The van der Waals surface area contributed by atoms with Crippen LogP contribution in [0.15, 0.2) is 30.3 Å². The van der Waals surface area contributed by atoms with Crippen LogP contribution in [0.4, 0.5) is 5.69 Å². The molecule has 0 aromatic heterocycles. The van der Waals surface area contributed by atoms with Gasteiger partial charge in [0, 0.05) is 12.1 Å². The van der Waals surface area contributed by atoms with Crippen LogP contribution >= 0.6 is 0 Å². The minimum absolute atomic E-state index is 0.164. The summed E-state index contributed by atoms with van der Waals surface area (Å²) in [7, 11) is 4.23. The van der Waals surface area contributed by atoms with Gasteiger partial charge in [-0.05, 0) is 55.4 Å². The average molecular weight is 427 g/mol. The predicted octanol–water partition coefficient (Wildman–Crippen LogP) is 4.17. The molecule has 7 nitrogen and oxygen atoms in total. The van der Waals surface area contributed by atoms with Crippen LogP contribution in [-0.2, 0) is 22.4 Å². The highest BCUT2D eigenvalue weighted by Crippen LogP contribution is 2.34. The van der Waals surface area contributed by atoms with E-state index in [-0.39, 0.29) is 17.2 Å². The third kappa shape index (κ3) is 5.10. The molecular weight excluding hydrogens is 398 g/mol. The lowest BCUT2D eigenvalue weighted by Crippen LogP contribution is -2.33. The molecule has 2 aromatic rings. The Morgan fingerprint density at radius 2 is 1.65 bits per heavy atom. The number of benzene rings is 2. The molecule has 0 fully saturated rings. The maximum Gasteiger partial charge on any atom is 0.340 e. The van der Waals surface area contributed by atoms with Crippen LogP contribution in [0.2, 0.25) is 0 Å². The second-order valence-electron chi connectivity index (χ2n) is 7.39. The van der Waals surface area contributed by atoms with Crippen molar-refractivity contribution in [2.75, 3.05) is 26.6 Å². The average Bonchev–Trinajstić information content (AvgIpc) is 2.81. The summed E-state index contributed by atoms with van der Waals surface area (Å²) in [4.78, 5) is 25.2. The van der Waals surface area contributed by atoms with Crippen molar-refractivity contribution in [1.29, 1.82) is 0 Å². The fraction of sp³-hybridized carbons (Fsp3) is 0.417. The van der Waals surface area contributed by atoms with Crippen LogP contribution in [0.25, 0.3) is 0 Å². The number of esters is 1. The molecule has 2 aromatic carbocycles. The largest absolute Gasteiger partial charge is 0.493 e. The molecule has 0 bridgehead atoms. The van der Waals surface area contributed by atoms with E-state index in [1.807, 2.05) is 19.1 Å². The van der Waals surface area contributed by atoms with Crippen LogP contribution in [0.3, 0.4) is 0 Å². The van der Waals surface area contributed by atoms with Gasteiger partial charge in [0.2, 0.25) is 0 Å². The Balaban J connectivity index is 1.82. The van der Waals surface area contributed by atoms with E-state index >= 15 is 0 Å². The lowest BCUT2D eigenvalue weighted by molar-refractivity contribution is -0.122. The molecule has 1 amide bonds. The molecule has 0 saturated carbocycles. The number of carbonyl (C=O) groups excluding carboxylic acids is 2. The smallest absolute Gasteiger partial charge is 0.340 e. The molecule has 1 N–H and O–H groups in total. The van der Waals surface area contributed by atoms with Crippen molar-refractivity contribution in [2.24, 2.45) is 0 Å². The number of fused-ring (bicyclic) bond motifs is 1. The molecule has 7 heteroatoms. The van der Waals surface area contributed by atoms with E-state index in [9.17, 15) is 9.59 Å². The van der Waals surface area contributed by atoms with Crippen molar-refractivity contribution >= 4 is 17.6 Å². The second kappa shape index (κ2) is 10.2. The highest BCUT2D eigenvalue weighted by molar-refractivity contribution is 6.03. The first-order valence-electron chi connectivity index (χ1n) is 10.4. The highest BCUT2D eigenvalue weighted by Gasteiger charge is 2.24. The van der Waals surface area contributed by atoms with E-state index in [1.165, 1.54) is 57.4 Å². The zero-order chi connectivity index (χ0) is 22.4. The lowest BCUT2D eigenvalue weighted by atomic mass is 9.92. The molecule has 31 heavy (non-hydrogen) atoms. The molecular formula is C24H29NO6. The van der Waals surface area contributed by atoms with Gasteiger partial charge in [-0.1, -0.05) is 13.0 Å². The van der Waals surface area contributed by atoms with Crippen LogP contribution < -0.4 is 19.5 Å². The predicted molar refractivity (Wildman–Crippen MR) is 117 cm³/mol. The van der Waals surface area contributed by atoms with Crippen LogP contribution in [-0.4, -0.2) is 39.3 Å². The zero-order valence-electron chi connectivity index (χ0n) is 18.4. The van der Waals surface area contributed by atoms with E-state index in [0.29, 0.717) is 23.7 Å². The molecule has 0 aliphatic heterocycles. The molecule has 1 aliphatic rings. The fourth-order valence-corrected chi connectivity index (χ4v) is 3.74. The second-order valence-corrected chi connectivity index (χ2v) is 7.39. The topological polar surface area (TPSA) is 83.1 Å². The molecule has 1 aliphatic carbocycles. The van der Waals surface area contributed by atoms with Gasteiger partial charge in [-0.25, -0.2) is 4.79 Å². The Kier molecular flexibility index (Phi) is 7.39. The summed E-state index contributed by atoms with van der Waals surface area (Å²) in [5.74, 6) is 0.452. The summed E-state index contributed by atoms with van der Waals surface area (Å²) in [6, 6.07) is 9.04. The van der Waals surface area contributed by atoms with E-state index in [2.05, 4.69) is 11.4 Å². The Bertz CT molecular complexity index is 955. The number of nitrogens with one attached hydrogen (secondary N) is 1. The minimum Gasteiger partial charge on any atom is -0.493 e. The van der Waals surface area contributed by atoms with Gasteiger partial charge >= 0.3 is 5.97 Å². The van der Waals surface area contributed by atoms with Gasteiger partial charge < -0.3 is 24.3 Å². The van der Waals surface area contributed by atoms with Crippen molar-refractivity contribution < 1.29 is 28.5 Å². The van der Waals surface area contributed by atoms with Gasteiger partial charge in [-0.2, -0.15) is 0 Å². The van der Waals surface area contributed by atoms with Crippen LogP contribution in [0.5, 0.6) is 17.2 Å². The lowest BCUT2D eigenvalue weighted by Gasteiger charge is -2.21. The molecule has 0 unspecified atom stereocenters. The molecule has 3 rings (SSSR count). The van der Waals surface area contributed by atoms with Crippen molar-refractivity contribution in [2.45, 2.75) is 45.1 Å². The quantitative estimate of drug-likeness (QED) is 0.637. The van der Waals surface area contributed by atoms with Crippen LogP contribution in [0, 0.1) is 0 Å². The first kappa shape index (κ1) is 22.5. The Morgan fingerprint density at radius 1 is 0.968 bits per heavy atom. The first-order chi connectivity index (χ1) is 15.0. The number of amides is 1. The molecule has 1 atom stereocenters.